The second-order valence-electron chi connectivity index (χ2n) is 4.80. The van der Waals surface area contributed by atoms with Crippen molar-refractivity contribution in [1.29, 1.82) is 0 Å². The van der Waals surface area contributed by atoms with Crippen molar-refractivity contribution in [2.75, 3.05) is 40.3 Å². The van der Waals surface area contributed by atoms with Crippen molar-refractivity contribution in [3.63, 3.8) is 0 Å². The van der Waals surface area contributed by atoms with Crippen molar-refractivity contribution in [3.8, 4) is 0 Å². The highest BCUT2D eigenvalue weighted by Crippen LogP contribution is 2.20. The molecule has 0 aromatic rings. The second-order valence-corrected chi connectivity index (χ2v) is 4.80. The number of piperazine rings is 1. The maximum atomic E-state index is 2.41. The highest BCUT2D eigenvalue weighted by atomic mass is 15.4. The van der Waals surface area contributed by atoms with Gasteiger partial charge >= 0.3 is 0 Å². The Bertz CT molecular complexity index is 304. The first-order valence-electron chi connectivity index (χ1n) is 5.78. The van der Waals surface area contributed by atoms with Crippen molar-refractivity contribution in [3.05, 3.63) is 36.1 Å². The van der Waals surface area contributed by atoms with Gasteiger partial charge in [-0.05, 0) is 25.6 Å². The highest BCUT2D eigenvalue weighted by Gasteiger charge is 2.30. The number of rotatable bonds is 1. The van der Waals surface area contributed by atoms with E-state index in [-0.39, 0.29) is 0 Å². The zero-order valence-electron chi connectivity index (χ0n) is 9.82. The fourth-order valence-corrected chi connectivity index (χ4v) is 2.19. The summed E-state index contributed by atoms with van der Waals surface area (Å²) in [5, 5.41) is 0. The molecule has 0 aromatic heterocycles. The quantitative estimate of drug-likeness (QED) is 0.590. The van der Waals surface area contributed by atoms with Gasteiger partial charge in [-0.1, -0.05) is 18.2 Å². The molecule has 1 saturated heterocycles. The van der Waals surface area contributed by atoms with E-state index in [2.05, 4.69) is 49.4 Å². The zero-order valence-corrected chi connectivity index (χ0v) is 9.82. The summed E-state index contributed by atoms with van der Waals surface area (Å²) in [5.41, 5.74) is 1.46. The SMILES string of the molecule is CN1CC[N+](C)(C2=CC=CCC=C2)CC1. The molecule has 0 spiro atoms. The first kappa shape index (κ1) is 10.7. The van der Waals surface area contributed by atoms with E-state index < -0.39 is 0 Å². The van der Waals surface area contributed by atoms with Crippen molar-refractivity contribution in [1.82, 2.24) is 4.90 Å². The summed E-state index contributed by atoms with van der Waals surface area (Å²) in [6, 6.07) is 0. The lowest BCUT2D eigenvalue weighted by Gasteiger charge is -2.41. The third-order valence-corrected chi connectivity index (χ3v) is 3.54. The van der Waals surface area contributed by atoms with E-state index in [0.717, 1.165) is 10.9 Å². The van der Waals surface area contributed by atoms with E-state index in [4.69, 9.17) is 0 Å². The Morgan fingerprint density at radius 2 is 1.93 bits per heavy atom. The topological polar surface area (TPSA) is 3.24 Å². The fourth-order valence-electron chi connectivity index (χ4n) is 2.19. The van der Waals surface area contributed by atoms with Gasteiger partial charge in [0.2, 0.25) is 0 Å². The van der Waals surface area contributed by atoms with Gasteiger partial charge in [0.25, 0.3) is 0 Å². The van der Waals surface area contributed by atoms with Crippen LogP contribution in [0.3, 0.4) is 0 Å². The van der Waals surface area contributed by atoms with Crippen LogP contribution in [0.4, 0.5) is 0 Å². The lowest BCUT2D eigenvalue weighted by atomic mass is 10.2. The number of nitrogens with zero attached hydrogens (tertiary/aromatic N) is 2. The van der Waals surface area contributed by atoms with Crippen LogP contribution in [0, 0.1) is 0 Å². The second kappa shape index (κ2) is 4.33. The van der Waals surface area contributed by atoms with E-state index in [1.807, 2.05) is 0 Å². The molecule has 2 aliphatic rings. The molecular formula is C13H21N2+. The Kier molecular flexibility index (Phi) is 3.08. The van der Waals surface area contributed by atoms with Crippen LogP contribution in [0.25, 0.3) is 0 Å². The van der Waals surface area contributed by atoms with Gasteiger partial charge in [-0.15, -0.1) is 0 Å². The normalized spacial score (nSPS) is 26.1. The first-order chi connectivity index (χ1) is 7.21. The molecule has 2 rings (SSSR count). The molecule has 0 unspecified atom stereocenters. The van der Waals surface area contributed by atoms with E-state index in [9.17, 15) is 0 Å². The Morgan fingerprint density at radius 3 is 2.67 bits per heavy atom. The monoisotopic (exact) mass is 205 g/mol. The standard InChI is InChI=1S/C13H21N2/c1-14-9-11-15(2,12-10-14)13-7-5-3-4-6-8-13/h3,5-8H,4,9-12H2,1-2H3/q+1. The van der Waals surface area contributed by atoms with Gasteiger partial charge in [-0.3, -0.25) is 9.38 Å². The smallest absolute Gasteiger partial charge is 0.132 e. The maximum Gasteiger partial charge on any atom is 0.132 e. The van der Waals surface area contributed by atoms with Crippen molar-refractivity contribution in [2.45, 2.75) is 6.42 Å². The molecule has 1 heterocycles. The van der Waals surface area contributed by atoms with Crippen LogP contribution in [0.1, 0.15) is 6.42 Å². The van der Waals surface area contributed by atoms with Gasteiger partial charge in [0.05, 0.1) is 20.1 Å². The van der Waals surface area contributed by atoms with Crippen LogP contribution < -0.4 is 0 Å². The fraction of sp³-hybridized carbons (Fsp3) is 0.538. The summed E-state index contributed by atoms with van der Waals surface area (Å²) in [4.78, 5) is 2.41. The third kappa shape index (κ3) is 2.39. The molecule has 82 valence electrons. The first-order valence-corrected chi connectivity index (χ1v) is 5.78. The van der Waals surface area contributed by atoms with Crippen molar-refractivity contribution in [2.24, 2.45) is 0 Å². The molecule has 1 fully saturated rings. The predicted octanol–water partition coefficient (Wildman–Crippen LogP) is 1.78. The molecule has 2 heteroatoms. The number of hydrogen-bond donors (Lipinski definition) is 0. The largest absolute Gasteiger partial charge is 0.295 e. The van der Waals surface area contributed by atoms with Gasteiger partial charge in [0.1, 0.15) is 5.70 Å². The average Bonchev–Trinajstić information content (AvgIpc) is 2.51. The van der Waals surface area contributed by atoms with E-state index in [0.29, 0.717) is 0 Å². The van der Waals surface area contributed by atoms with Crippen LogP contribution in [0.2, 0.25) is 0 Å². The molecule has 0 saturated carbocycles. The van der Waals surface area contributed by atoms with Crippen LogP contribution >= 0.6 is 0 Å². The molecule has 0 aromatic carbocycles. The zero-order chi connectivity index (χ0) is 10.7. The molecule has 1 aliphatic carbocycles. The van der Waals surface area contributed by atoms with Crippen LogP contribution in [0.5, 0.6) is 0 Å². The summed E-state index contributed by atoms with van der Waals surface area (Å²) in [5.74, 6) is 0. The van der Waals surface area contributed by atoms with E-state index >= 15 is 0 Å². The molecule has 0 N–H and O–H groups in total. The number of likely N-dealkylation sites (N-methyl/N-ethyl adjacent to an activating group) is 2. The summed E-state index contributed by atoms with van der Waals surface area (Å²) >= 11 is 0. The Hall–Kier alpha value is -0.860. The van der Waals surface area contributed by atoms with E-state index in [1.165, 1.54) is 31.9 Å². The minimum absolute atomic E-state index is 1.07. The van der Waals surface area contributed by atoms with Gasteiger partial charge in [0.15, 0.2) is 0 Å². The van der Waals surface area contributed by atoms with Crippen LogP contribution in [0.15, 0.2) is 36.1 Å². The summed E-state index contributed by atoms with van der Waals surface area (Å²) in [6.07, 6.45) is 12.3. The minimum Gasteiger partial charge on any atom is -0.295 e. The molecule has 15 heavy (non-hydrogen) atoms. The minimum atomic E-state index is 1.07. The molecule has 0 atom stereocenters. The molecular weight excluding hydrogens is 184 g/mol. The number of allylic oxidation sites excluding steroid dienone is 5. The highest BCUT2D eigenvalue weighted by molar-refractivity contribution is 5.22. The van der Waals surface area contributed by atoms with E-state index in [1.54, 1.807) is 0 Å². The summed E-state index contributed by atoms with van der Waals surface area (Å²) in [6.45, 7) is 4.85. The van der Waals surface area contributed by atoms with Gasteiger partial charge in [0, 0.05) is 13.1 Å². The van der Waals surface area contributed by atoms with Gasteiger partial charge < -0.3 is 0 Å². The van der Waals surface area contributed by atoms with Crippen LogP contribution in [-0.2, 0) is 0 Å². The lowest BCUT2D eigenvalue weighted by Crippen LogP contribution is -2.55. The molecule has 0 amide bonds. The van der Waals surface area contributed by atoms with Gasteiger partial charge in [-0.2, -0.15) is 0 Å². The Labute approximate surface area is 92.8 Å². The molecule has 0 bridgehead atoms. The average molecular weight is 205 g/mol. The predicted molar refractivity (Wildman–Crippen MR) is 64.4 cm³/mol. The van der Waals surface area contributed by atoms with Crippen molar-refractivity contribution >= 4 is 0 Å². The lowest BCUT2D eigenvalue weighted by molar-refractivity contribution is -0.874. The number of hydrogen-bond acceptors (Lipinski definition) is 1. The molecule has 0 radical (unpaired) electrons. The van der Waals surface area contributed by atoms with Crippen LogP contribution in [-0.4, -0.2) is 49.7 Å². The molecule has 2 nitrogen and oxygen atoms in total. The maximum absolute atomic E-state index is 2.41. The third-order valence-electron chi connectivity index (χ3n) is 3.54. The molecule has 1 aliphatic heterocycles. The number of quaternary nitrogens is 1. The Balaban J connectivity index is 2.14. The van der Waals surface area contributed by atoms with Gasteiger partial charge in [-0.25, -0.2) is 0 Å². The van der Waals surface area contributed by atoms with Crippen molar-refractivity contribution < 1.29 is 4.48 Å². The Morgan fingerprint density at radius 1 is 1.20 bits per heavy atom. The summed E-state index contributed by atoms with van der Waals surface area (Å²) in [7, 11) is 4.56. The summed E-state index contributed by atoms with van der Waals surface area (Å²) < 4.78 is 1.09.